The van der Waals surface area contributed by atoms with Crippen LogP contribution < -0.4 is 14.8 Å². The first-order valence-electron chi connectivity index (χ1n) is 8.23. The van der Waals surface area contributed by atoms with Crippen LogP contribution in [0.1, 0.15) is 35.7 Å². The molecule has 1 aromatic carbocycles. The van der Waals surface area contributed by atoms with Crippen LogP contribution in [0.25, 0.3) is 0 Å². The maximum absolute atomic E-state index is 12.6. The number of alkyl halides is 3. The third-order valence-electron chi connectivity index (χ3n) is 4.50. The fourth-order valence-corrected chi connectivity index (χ4v) is 3.42. The molecule has 0 fully saturated rings. The summed E-state index contributed by atoms with van der Waals surface area (Å²) in [5.41, 5.74) is 2.59. The lowest BCUT2D eigenvalue weighted by Crippen LogP contribution is -2.25. The van der Waals surface area contributed by atoms with Gasteiger partial charge in [0.25, 0.3) is 0 Å². The monoisotopic (exact) mass is 353 g/mol. The van der Waals surface area contributed by atoms with Gasteiger partial charge in [0.05, 0.1) is 11.7 Å². The van der Waals surface area contributed by atoms with E-state index in [9.17, 15) is 13.2 Å². The second kappa shape index (κ2) is 6.25. The van der Waals surface area contributed by atoms with Crippen molar-refractivity contribution in [2.24, 2.45) is 0 Å². The van der Waals surface area contributed by atoms with Crippen LogP contribution in [0.3, 0.4) is 0 Å². The summed E-state index contributed by atoms with van der Waals surface area (Å²) in [6.07, 6.45) is -0.201. The number of rotatable bonds is 4. The lowest BCUT2D eigenvalue weighted by molar-refractivity contribution is -0.142. The summed E-state index contributed by atoms with van der Waals surface area (Å²) >= 11 is 0. The van der Waals surface area contributed by atoms with E-state index in [4.69, 9.17) is 9.47 Å². The van der Waals surface area contributed by atoms with E-state index in [0.29, 0.717) is 6.54 Å². The molecule has 5 nitrogen and oxygen atoms in total. The molecule has 0 spiro atoms. The third kappa shape index (κ3) is 3.44. The van der Waals surface area contributed by atoms with E-state index >= 15 is 0 Å². The van der Waals surface area contributed by atoms with Crippen molar-refractivity contribution >= 4 is 0 Å². The highest BCUT2D eigenvalue weighted by Crippen LogP contribution is 2.36. The van der Waals surface area contributed by atoms with Gasteiger partial charge in [-0.15, -0.1) is 0 Å². The quantitative estimate of drug-likeness (QED) is 0.916. The van der Waals surface area contributed by atoms with Crippen LogP contribution in [0.15, 0.2) is 24.4 Å². The Kier molecular flexibility index (Phi) is 4.07. The molecule has 1 aliphatic carbocycles. The average molecular weight is 353 g/mol. The Morgan fingerprint density at radius 1 is 1.28 bits per heavy atom. The van der Waals surface area contributed by atoms with Crippen molar-refractivity contribution in [1.82, 2.24) is 15.1 Å². The standard InChI is InChI=1S/C17H18F3N3O2/c18-17(19,20)9-23-8-12-4-1-5-13(15(12)22-23)21-7-11-3-2-6-14-16(11)25-10-24-14/h2-3,6,8,13,21H,1,4-5,7,9-10H2. The maximum Gasteiger partial charge on any atom is 0.408 e. The molecule has 2 aromatic rings. The minimum absolute atomic E-state index is 0.0589. The van der Waals surface area contributed by atoms with Crippen LogP contribution in [-0.4, -0.2) is 22.7 Å². The highest BCUT2D eigenvalue weighted by atomic mass is 19.4. The first-order valence-corrected chi connectivity index (χ1v) is 8.23. The molecular formula is C17H18F3N3O2. The Labute approximate surface area is 142 Å². The molecule has 1 atom stereocenters. The summed E-state index contributed by atoms with van der Waals surface area (Å²) in [7, 11) is 0. The second-order valence-electron chi connectivity index (χ2n) is 6.33. The minimum Gasteiger partial charge on any atom is -0.454 e. The minimum atomic E-state index is -4.26. The zero-order valence-electron chi connectivity index (χ0n) is 13.5. The summed E-state index contributed by atoms with van der Waals surface area (Å²) < 4.78 is 49.6. The molecule has 1 aromatic heterocycles. The molecule has 0 bridgehead atoms. The van der Waals surface area contributed by atoms with E-state index in [1.165, 1.54) is 6.20 Å². The number of hydrogen-bond donors (Lipinski definition) is 1. The molecule has 0 radical (unpaired) electrons. The van der Waals surface area contributed by atoms with E-state index in [2.05, 4.69) is 10.4 Å². The number of ether oxygens (including phenoxy) is 2. The zero-order valence-corrected chi connectivity index (χ0v) is 13.5. The lowest BCUT2D eigenvalue weighted by Gasteiger charge is -2.22. The topological polar surface area (TPSA) is 48.3 Å². The van der Waals surface area contributed by atoms with Crippen LogP contribution in [0, 0.1) is 0 Å². The highest BCUT2D eigenvalue weighted by Gasteiger charge is 2.31. The molecule has 0 saturated carbocycles. The fourth-order valence-electron chi connectivity index (χ4n) is 3.42. The van der Waals surface area contributed by atoms with Gasteiger partial charge in [-0.3, -0.25) is 4.68 Å². The molecule has 1 N–H and O–H groups in total. The molecule has 2 heterocycles. The average Bonchev–Trinajstić information content (AvgIpc) is 3.17. The molecule has 25 heavy (non-hydrogen) atoms. The van der Waals surface area contributed by atoms with Gasteiger partial charge in [-0.25, -0.2) is 0 Å². The number of nitrogens with one attached hydrogen (secondary N) is 1. The molecule has 1 unspecified atom stereocenters. The van der Waals surface area contributed by atoms with Crippen molar-refractivity contribution in [2.75, 3.05) is 6.79 Å². The van der Waals surface area contributed by atoms with Gasteiger partial charge in [0.2, 0.25) is 6.79 Å². The molecule has 8 heteroatoms. The van der Waals surface area contributed by atoms with Crippen LogP contribution >= 0.6 is 0 Å². The highest BCUT2D eigenvalue weighted by molar-refractivity contribution is 5.48. The summed E-state index contributed by atoms with van der Waals surface area (Å²) in [4.78, 5) is 0. The van der Waals surface area contributed by atoms with Crippen molar-refractivity contribution in [3.63, 3.8) is 0 Å². The Balaban J connectivity index is 1.49. The molecule has 4 rings (SSSR count). The van der Waals surface area contributed by atoms with Gasteiger partial charge in [0.1, 0.15) is 6.54 Å². The van der Waals surface area contributed by atoms with Crippen LogP contribution in [0.5, 0.6) is 11.5 Å². The molecule has 134 valence electrons. The van der Waals surface area contributed by atoms with Crippen LogP contribution in [-0.2, 0) is 19.5 Å². The van der Waals surface area contributed by atoms with E-state index in [0.717, 1.165) is 52.3 Å². The van der Waals surface area contributed by atoms with E-state index in [1.807, 2.05) is 18.2 Å². The third-order valence-corrected chi connectivity index (χ3v) is 4.50. The van der Waals surface area contributed by atoms with Crippen molar-refractivity contribution in [2.45, 2.75) is 44.6 Å². The van der Waals surface area contributed by atoms with Gasteiger partial charge in [-0.2, -0.15) is 18.3 Å². The maximum atomic E-state index is 12.6. The Morgan fingerprint density at radius 3 is 3.00 bits per heavy atom. The normalized spacial score (nSPS) is 19.1. The summed E-state index contributed by atoms with van der Waals surface area (Å²) in [6, 6.07) is 5.64. The number of benzene rings is 1. The van der Waals surface area contributed by atoms with E-state index < -0.39 is 12.7 Å². The number of para-hydroxylation sites is 1. The van der Waals surface area contributed by atoms with Crippen LogP contribution in [0.2, 0.25) is 0 Å². The van der Waals surface area contributed by atoms with Gasteiger partial charge in [0, 0.05) is 18.3 Å². The van der Waals surface area contributed by atoms with E-state index in [-0.39, 0.29) is 12.8 Å². The predicted molar refractivity (Wildman–Crippen MR) is 83.4 cm³/mol. The molecular weight excluding hydrogens is 335 g/mol. The number of halogens is 3. The molecule has 2 aliphatic rings. The Bertz CT molecular complexity index is 773. The van der Waals surface area contributed by atoms with Gasteiger partial charge in [-0.05, 0) is 30.9 Å². The van der Waals surface area contributed by atoms with Crippen molar-refractivity contribution < 1.29 is 22.6 Å². The number of fused-ring (bicyclic) bond motifs is 2. The van der Waals surface area contributed by atoms with Crippen molar-refractivity contribution in [3.8, 4) is 11.5 Å². The van der Waals surface area contributed by atoms with Crippen molar-refractivity contribution in [3.05, 3.63) is 41.2 Å². The second-order valence-corrected chi connectivity index (χ2v) is 6.33. The van der Waals surface area contributed by atoms with Gasteiger partial charge in [0.15, 0.2) is 11.5 Å². The number of hydrogen-bond acceptors (Lipinski definition) is 4. The molecule has 1 aliphatic heterocycles. The first-order chi connectivity index (χ1) is 12.0. The number of nitrogens with zero attached hydrogens (tertiary/aromatic N) is 2. The van der Waals surface area contributed by atoms with Gasteiger partial charge in [-0.1, -0.05) is 12.1 Å². The summed E-state index contributed by atoms with van der Waals surface area (Å²) in [5.74, 6) is 1.45. The first kappa shape index (κ1) is 16.3. The van der Waals surface area contributed by atoms with Gasteiger partial charge >= 0.3 is 6.18 Å². The Morgan fingerprint density at radius 2 is 2.16 bits per heavy atom. The summed E-state index contributed by atoms with van der Waals surface area (Å²) in [6.45, 7) is -0.297. The fraction of sp³-hybridized carbons (Fsp3) is 0.471. The molecule has 0 saturated heterocycles. The largest absolute Gasteiger partial charge is 0.454 e. The summed E-state index contributed by atoms with van der Waals surface area (Å²) in [5, 5.41) is 7.59. The number of aromatic nitrogens is 2. The van der Waals surface area contributed by atoms with Crippen LogP contribution in [0.4, 0.5) is 13.2 Å². The van der Waals surface area contributed by atoms with Crippen molar-refractivity contribution in [1.29, 1.82) is 0 Å². The Hall–Kier alpha value is -2.22. The number of aryl methyl sites for hydroxylation is 1. The van der Waals surface area contributed by atoms with E-state index in [1.54, 1.807) is 0 Å². The lowest BCUT2D eigenvalue weighted by atomic mass is 9.93. The van der Waals surface area contributed by atoms with Gasteiger partial charge < -0.3 is 14.8 Å². The predicted octanol–water partition coefficient (Wildman–Crippen LogP) is 3.34. The zero-order chi connectivity index (χ0) is 17.4. The SMILES string of the molecule is FC(F)(F)Cn1cc2c(n1)C(NCc1cccc3c1OCO3)CCC2. The molecule has 0 amide bonds. The smallest absolute Gasteiger partial charge is 0.408 e.